The molecular formula is C14H16N2O3. The lowest BCUT2D eigenvalue weighted by Gasteiger charge is -2.26. The van der Waals surface area contributed by atoms with Crippen molar-refractivity contribution >= 4 is 23.8 Å². The highest BCUT2D eigenvalue weighted by Gasteiger charge is 2.19. The zero-order valence-electron chi connectivity index (χ0n) is 10.4. The Kier molecular flexibility index (Phi) is 4.18. The minimum absolute atomic E-state index is 0.196. The van der Waals surface area contributed by atoms with Crippen LogP contribution in [0.25, 0.3) is 6.08 Å². The monoisotopic (exact) mass is 260 g/mol. The fourth-order valence-corrected chi connectivity index (χ4v) is 1.75. The molecule has 2 rings (SSSR count). The molecular weight excluding hydrogens is 244 g/mol. The quantitative estimate of drug-likeness (QED) is 0.728. The normalized spacial score (nSPS) is 14.9. The second-order valence-electron chi connectivity index (χ2n) is 4.52. The first-order valence-corrected chi connectivity index (χ1v) is 6.22. The number of rotatable bonds is 4. The maximum Gasteiger partial charge on any atom is 0.328 e. The zero-order valence-corrected chi connectivity index (χ0v) is 10.4. The lowest BCUT2D eigenvalue weighted by Crippen LogP contribution is -2.41. The molecule has 1 aliphatic rings. The van der Waals surface area contributed by atoms with Gasteiger partial charge in [0.05, 0.1) is 0 Å². The zero-order chi connectivity index (χ0) is 13.7. The van der Waals surface area contributed by atoms with Gasteiger partial charge in [-0.2, -0.15) is 0 Å². The standard InChI is InChI=1S/C14H16N2O3/c17-13(18)9-6-10-4-7-12(8-5-10)16-14(19)15-11-2-1-3-11/h4-9,11H,1-3H2,(H,17,18)(H2,15,16,19). The highest BCUT2D eigenvalue weighted by atomic mass is 16.4. The van der Waals surface area contributed by atoms with Crippen LogP contribution in [0, 0.1) is 0 Å². The van der Waals surface area contributed by atoms with Crippen LogP contribution >= 0.6 is 0 Å². The largest absolute Gasteiger partial charge is 0.478 e. The van der Waals surface area contributed by atoms with E-state index in [0.29, 0.717) is 11.7 Å². The molecule has 19 heavy (non-hydrogen) atoms. The molecule has 5 nitrogen and oxygen atoms in total. The van der Waals surface area contributed by atoms with Crippen LogP contribution in [0.3, 0.4) is 0 Å². The van der Waals surface area contributed by atoms with Gasteiger partial charge in [-0.1, -0.05) is 12.1 Å². The Bertz CT molecular complexity index is 490. The lowest BCUT2D eigenvalue weighted by atomic mass is 9.93. The number of carbonyl (C=O) groups excluding carboxylic acids is 1. The minimum atomic E-state index is -0.984. The summed E-state index contributed by atoms with van der Waals surface area (Å²) in [5, 5.41) is 14.1. The van der Waals surface area contributed by atoms with Crippen LogP contribution in [0.2, 0.25) is 0 Å². The number of benzene rings is 1. The van der Waals surface area contributed by atoms with Crippen LogP contribution in [0.4, 0.5) is 10.5 Å². The molecule has 0 saturated heterocycles. The van der Waals surface area contributed by atoms with E-state index >= 15 is 0 Å². The van der Waals surface area contributed by atoms with Crippen molar-refractivity contribution in [1.29, 1.82) is 0 Å². The maximum atomic E-state index is 11.6. The van der Waals surface area contributed by atoms with E-state index in [4.69, 9.17) is 5.11 Å². The fourth-order valence-electron chi connectivity index (χ4n) is 1.75. The highest BCUT2D eigenvalue weighted by Crippen LogP contribution is 2.18. The van der Waals surface area contributed by atoms with Crippen LogP contribution in [0.1, 0.15) is 24.8 Å². The summed E-state index contributed by atoms with van der Waals surface area (Å²) in [6.45, 7) is 0. The number of nitrogens with one attached hydrogen (secondary N) is 2. The smallest absolute Gasteiger partial charge is 0.328 e. The molecule has 0 aromatic heterocycles. The average molecular weight is 260 g/mol. The average Bonchev–Trinajstić information content (AvgIpc) is 2.33. The summed E-state index contributed by atoms with van der Waals surface area (Å²) in [6, 6.07) is 7.08. The Hall–Kier alpha value is -2.30. The van der Waals surface area contributed by atoms with E-state index in [0.717, 1.165) is 24.5 Å². The molecule has 5 heteroatoms. The lowest BCUT2D eigenvalue weighted by molar-refractivity contribution is -0.131. The molecule has 1 fully saturated rings. The number of aliphatic carboxylic acids is 1. The summed E-state index contributed by atoms with van der Waals surface area (Å²) >= 11 is 0. The third-order valence-electron chi connectivity index (χ3n) is 3.03. The van der Waals surface area contributed by atoms with Gasteiger partial charge in [0, 0.05) is 17.8 Å². The summed E-state index contributed by atoms with van der Waals surface area (Å²) in [6.07, 6.45) is 5.85. The van der Waals surface area contributed by atoms with Gasteiger partial charge in [-0.3, -0.25) is 0 Å². The van der Waals surface area contributed by atoms with Gasteiger partial charge >= 0.3 is 12.0 Å². The van der Waals surface area contributed by atoms with E-state index in [9.17, 15) is 9.59 Å². The van der Waals surface area contributed by atoms with E-state index in [-0.39, 0.29) is 6.03 Å². The predicted octanol–water partition coefficient (Wildman–Crippen LogP) is 2.46. The Morgan fingerprint density at radius 1 is 1.21 bits per heavy atom. The third-order valence-corrected chi connectivity index (χ3v) is 3.03. The molecule has 0 radical (unpaired) electrons. The summed E-state index contributed by atoms with van der Waals surface area (Å²) in [5.41, 5.74) is 1.46. The van der Waals surface area contributed by atoms with Crippen molar-refractivity contribution in [2.45, 2.75) is 25.3 Å². The molecule has 0 aliphatic heterocycles. The van der Waals surface area contributed by atoms with Crippen LogP contribution in [-0.4, -0.2) is 23.1 Å². The molecule has 1 aliphatic carbocycles. The molecule has 1 aromatic rings. The Morgan fingerprint density at radius 3 is 2.42 bits per heavy atom. The number of carboxylic acid groups (broad SMARTS) is 1. The second kappa shape index (κ2) is 6.04. The van der Waals surface area contributed by atoms with Gasteiger partial charge in [0.25, 0.3) is 0 Å². The van der Waals surface area contributed by atoms with Crippen molar-refractivity contribution in [3.8, 4) is 0 Å². The number of anilines is 1. The highest BCUT2D eigenvalue weighted by molar-refractivity contribution is 5.90. The molecule has 0 unspecified atom stereocenters. The van der Waals surface area contributed by atoms with Gasteiger partial charge in [0.15, 0.2) is 0 Å². The van der Waals surface area contributed by atoms with Crippen molar-refractivity contribution in [2.24, 2.45) is 0 Å². The molecule has 1 saturated carbocycles. The van der Waals surface area contributed by atoms with Crippen LogP contribution in [0.5, 0.6) is 0 Å². The van der Waals surface area contributed by atoms with Crippen LogP contribution < -0.4 is 10.6 Å². The number of urea groups is 1. The molecule has 1 aromatic carbocycles. The van der Waals surface area contributed by atoms with Gasteiger partial charge in [0.1, 0.15) is 0 Å². The predicted molar refractivity (Wildman–Crippen MR) is 72.9 cm³/mol. The Balaban J connectivity index is 1.87. The number of carbonyl (C=O) groups is 2. The fraction of sp³-hybridized carbons (Fsp3) is 0.286. The summed E-state index contributed by atoms with van der Waals surface area (Å²) in [4.78, 5) is 22.0. The van der Waals surface area contributed by atoms with Crippen LogP contribution in [-0.2, 0) is 4.79 Å². The molecule has 0 bridgehead atoms. The van der Waals surface area contributed by atoms with E-state index < -0.39 is 5.97 Å². The Morgan fingerprint density at radius 2 is 1.89 bits per heavy atom. The first kappa shape index (κ1) is 13.1. The number of hydrogen-bond acceptors (Lipinski definition) is 2. The first-order valence-electron chi connectivity index (χ1n) is 6.22. The van der Waals surface area contributed by atoms with Gasteiger partial charge < -0.3 is 15.7 Å². The van der Waals surface area contributed by atoms with Crippen molar-refractivity contribution in [3.63, 3.8) is 0 Å². The van der Waals surface area contributed by atoms with Gasteiger partial charge in [0.2, 0.25) is 0 Å². The SMILES string of the molecule is O=C(O)C=Cc1ccc(NC(=O)NC2CCC2)cc1. The second-order valence-corrected chi connectivity index (χ2v) is 4.52. The summed E-state index contributed by atoms with van der Waals surface area (Å²) in [5.74, 6) is -0.984. The van der Waals surface area contributed by atoms with Crippen molar-refractivity contribution in [1.82, 2.24) is 5.32 Å². The number of amides is 2. The molecule has 2 amide bonds. The summed E-state index contributed by atoms with van der Waals surface area (Å²) in [7, 11) is 0. The first-order chi connectivity index (χ1) is 9.13. The van der Waals surface area contributed by atoms with Crippen LogP contribution in [0.15, 0.2) is 30.3 Å². The van der Waals surface area contributed by atoms with Crippen molar-refractivity contribution in [3.05, 3.63) is 35.9 Å². The Labute approximate surface area is 111 Å². The molecule has 3 N–H and O–H groups in total. The molecule has 0 spiro atoms. The maximum absolute atomic E-state index is 11.6. The van der Waals surface area contributed by atoms with Gasteiger partial charge in [-0.05, 0) is 43.0 Å². The topological polar surface area (TPSA) is 78.4 Å². The molecule has 100 valence electrons. The van der Waals surface area contributed by atoms with E-state index in [1.807, 2.05) is 0 Å². The minimum Gasteiger partial charge on any atom is -0.478 e. The van der Waals surface area contributed by atoms with E-state index in [1.54, 1.807) is 24.3 Å². The molecule has 0 heterocycles. The van der Waals surface area contributed by atoms with Crippen molar-refractivity contribution < 1.29 is 14.7 Å². The van der Waals surface area contributed by atoms with E-state index in [1.165, 1.54) is 12.5 Å². The van der Waals surface area contributed by atoms with E-state index in [2.05, 4.69) is 10.6 Å². The number of carboxylic acids is 1. The van der Waals surface area contributed by atoms with Crippen molar-refractivity contribution in [2.75, 3.05) is 5.32 Å². The molecule has 0 atom stereocenters. The van der Waals surface area contributed by atoms with Gasteiger partial charge in [-0.25, -0.2) is 9.59 Å². The third kappa shape index (κ3) is 4.13. The summed E-state index contributed by atoms with van der Waals surface area (Å²) < 4.78 is 0. The van der Waals surface area contributed by atoms with Gasteiger partial charge in [-0.15, -0.1) is 0 Å². The number of hydrogen-bond donors (Lipinski definition) is 3.